The standard InChI is InChI=1S/C16H20N4O2/c1-19-7-6-15(18-19)20-8-5-14(10-20)17-16(22)13-4-2-3-12(9-13)11-21/h2-4,6-7,9,14,21H,5,8,10-11H2,1H3,(H,17,22). The van der Waals surface area contributed by atoms with Gasteiger partial charge in [0.05, 0.1) is 6.61 Å². The van der Waals surface area contributed by atoms with Crippen LogP contribution >= 0.6 is 0 Å². The van der Waals surface area contributed by atoms with Crippen LogP contribution in [0.1, 0.15) is 22.3 Å². The number of nitrogens with zero attached hydrogens (tertiary/aromatic N) is 3. The SMILES string of the molecule is Cn1ccc(N2CCC(NC(=O)c3cccc(CO)c3)C2)n1. The summed E-state index contributed by atoms with van der Waals surface area (Å²) in [6, 6.07) is 9.17. The average molecular weight is 300 g/mol. The van der Waals surface area contributed by atoms with Crippen molar-refractivity contribution in [2.24, 2.45) is 7.05 Å². The van der Waals surface area contributed by atoms with E-state index in [0.29, 0.717) is 5.56 Å². The van der Waals surface area contributed by atoms with Gasteiger partial charge in [0.15, 0.2) is 5.82 Å². The second-order valence-electron chi connectivity index (χ2n) is 5.61. The fourth-order valence-corrected chi connectivity index (χ4v) is 2.74. The van der Waals surface area contributed by atoms with Crippen LogP contribution in [-0.2, 0) is 13.7 Å². The Morgan fingerprint density at radius 2 is 2.32 bits per heavy atom. The van der Waals surface area contributed by atoms with Crippen molar-refractivity contribution in [2.45, 2.75) is 19.1 Å². The lowest BCUT2D eigenvalue weighted by atomic mass is 10.1. The van der Waals surface area contributed by atoms with Gasteiger partial charge < -0.3 is 15.3 Å². The normalized spacial score (nSPS) is 17.7. The maximum absolute atomic E-state index is 12.3. The van der Waals surface area contributed by atoms with Crippen molar-refractivity contribution in [3.05, 3.63) is 47.7 Å². The van der Waals surface area contributed by atoms with E-state index in [9.17, 15) is 4.79 Å². The highest BCUT2D eigenvalue weighted by Crippen LogP contribution is 2.18. The van der Waals surface area contributed by atoms with Crippen molar-refractivity contribution in [2.75, 3.05) is 18.0 Å². The van der Waals surface area contributed by atoms with Gasteiger partial charge in [-0.2, -0.15) is 5.10 Å². The number of aliphatic hydroxyl groups is 1. The third-order valence-electron chi connectivity index (χ3n) is 3.92. The molecule has 1 aromatic heterocycles. The predicted molar refractivity (Wildman–Crippen MR) is 83.7 cm³/mol. The second kappa shape index (κ2) is 6.19. The number of hydrogen-bond acceptors (Lipinski definition) is 4. The molecule has 6 heteroatoms. The molecule has 2 aromatic rings. The lowest BCUT2D eigenvalue weighted by Gasteiger charge is -2.16. The molecule has 1 aromatic carbocycles. The first kappa shape index (κ1) is 14.6. The number of nitrogens with one attached hydrogen (secondary N) is 1. The van der Waals surface area contributed by atoms with Crippen LogP contribution in [0.4, 0.5) is 5.82 Å². The minimum atomic E-state index is -0.0943. The molecule has 0 saturated carbocycles. The fourth-order valence-electron chi connectivity index (χ4n) is 2.74. The molecule has 1 fully saturated rings. The maximum Gasteiger partial charge on any atom is 0.251 e. The van der Waals surface area contributed by atoms with Crippen molar-refractivity contribution < 1.29 is 9.90 Å². The summed E-state index contributed by atoms with van der Waals surface area (Å²) in [6.45, 7) is 1.60. The minimum absolute atomic E-state index is 0.0575. The zero-order valence-electron chi connectivity index (χ0n) is 12.6. The molecule has 1 amide bonds. The smallest absolute Gasteiger partial charge is 0.251 e. The first-order valence-corrected chi connectivity index (χ1v) is 7.41. The van der Waals surface area contributed by atoms with Crippen LogP contribution in [0.3, 0.4) is 0 Å². The molecule has 1 unspecified atom stereocenters. The Balaban J connectivity index is 1.61. The van der Waals surface area contributed by atoms with Crippen molar-refractivity contribution in [1.82, 2.24) is 15.1 Å². The highest BCUT2D eigenvalue weighted by atomic mass is 16.3. The third kappa shape index (κ3) is 3.12. The Kier molecular flexibility index (Phi) is 4.11. The van der Waals surface area contributed by atoms with Crippen LogP contribution < -0.4 is 10.2 Å². The molecule has 116 valence electrons. The monoisotopic (exact) mass is 300 g/mol. The molecule has 2 N–H and O–H groups in total. The van der Waals surface area contributed by atoms with E-state index in [1.165, 1.54) is 0 Å². The number of aliphatic hydroxyl groups excluding tert-OH is 1. The zero-order valence-corrected chi connectivity index (χ0v) is 12.6. The average Bonchev–Trinajstić information content (AvgIpc) is 3.16. The fraction of sp³-hybridized carbons (Fsp3) is 0.375. The number of rotatable bonds is 4. The van der Waals surface area contributed by atoms with Gasteiger partial charge >= 0.3 is 0 Å². The van der Waals surface area contributed by atoms with Crippen molar-refractivity contribution in [3.63, 3.8) is 0 Å². The van der Waals surface area contributed by atoms with Gasteiger partial charge in [0.2, 0.25) is 0 Å². The predicted octanol–water partition coefficient (Wildman–Crippen LogP) is 0.921. The topological polar surface area (TPSA) is 70.4 Å². The van der Waals surface area contributed by atoms with Gasteiger partial charge in [-0.15, -0.1) is 0 Å². The number of carbonyl (C=O) groups is 1. The molecule has 6 nitrogen and oxygen atoms in total. The van der Waals surface area contributed by atoms with Crippen LogP contribution in [0.25, 0.3) is 0 Å². The number of amides is 1. The highest BCUT2D eigenvalue weighted by Gasteiger charge is 2.25. The number of anilines is 1. The summed E-state index contributed by atoms with van der Waals surface area (Å²) >= 11 is 0. The summed E-state index contributed by atoms with van der Waals surface area (Å²) in [5.41, 5.74) is 1.33. The quantitative estimate of drug-likeness (QED) is 0.881. The van der Waals surface area contributed by atoms with Crippen molar-refractivity contribution in [3.8, 4) is 0 Å². The van der Waals surface area contributed by atoms with Crippen LogP contribution in [0.2, 0.25) is 0 Å². The van der Waals surface area contributed by atoms with E-state index >= 15 is 0 Å². The number of carbonyl (C=O) groups excluding carboxylic acids is 1. The lowest BCUT2D eigenvalue weighted by molar-refractivity contribution is 0.0940. The zero-order chi connectivity index (χ0) is 15.5. The van der Waals surface area contributed by atoms with Gasteiger partial charge in [0, 0.05) is 44.0 Å². The number of benzene rings is 1. The van der Waals surface area contributed by atoms with E-state index in [1.54, 1.807) is 28.9 Å². The maximum atomic E-state index is 12.3. The van der Waals surface area contributed by atoms with E-state index < -0.39 is 0 Å². The molecular formula is C16H20N4O2. The Hall–Kier alpha value is -2.34. The first-order chi connectivity index (χ1) is 10.7. The van der Waals surface area contributed by atoms with Crippen molar-refractivity contribution >= 4 is 11.7 Å². The third-order valence-corrected chi connectivity index (χ3v) is 3.92. The molecule has 0 bridgehead atoms. The lowest BCUT2D eigenvalue weighted by Crippen LogP contribution is -2.37. The molecule has 0 spiro atoms. The molecule has 1 atom stereocenters. The summed E-state index contributed by atoms with van der Waals surface area (Å²) in [4.78, 5) is 14.5. The molecule has 0 radical (unpaired) electrons. The Morgan fingerprint density at radius 1 is 1.45 bits per heavy atom. The Labute approximate surface area is 129 Å². The molecule has 2 heterocycles. The van der Waals surface area contributed by atoms with Gasteiger partial charge in [0.1, 0.15) is 0 Å². The van der Waals surface area contributed by atoms with Gasteiger partial charge in [-0.25, -0.2) is 0 Å². The number of hydrogen-bond donors (Lipinski definition) is 2. The van der Waals surface area contributed by atoms with Gasteiger partial charge in [0.25, 0.3) is 5.91 Å². The van der Waals surface area contributed by atoms with E-state index in [1.807, 2.05) is 19.3 Å². The first-order valence-electron chi connectivity index (χ1n) is 7.41. The highest BCUT2D eigenvalue weighted by molar-refractivity contribution is 5.94. The molecule has 1 aliphatic heterocycles. The molecule has 0 aliphatic carbocycles. The van der Waals surface area contributed by atoms with E-state index in [2.05, 4.69) is 15.3 Å². The minimum Gasteiger partial charge on any atom is -0.392 e. The van der Waals surface area contributed by atoms with Crippen LogP contribution in [0.5, 0.6) is 0 Å². The van der Waals surface area contributed by atoms with E-state index in [4.69, 9.17) is 5.11 Å². The summed E-state index contributed by atoms with van der Waals surface area (Å²) in [5, 5.41) is 16.6. The van der Waals surface area contributed by atoms with Gasteiger partial charge in [-0.1, -0.05) is 12.1 Å². The van der Waals surface area contributed by atoms with E-state index in [-0.39, 0.29) is 18.6 Å². The Morgan fingerprint density at radius 3 is 3.05 bits per heavy atom. The van der Waals surface area contributed by atoms with Crippen LogP contribution in [0.15, 0.2) is 36.5 Å². The van der Waals surface area contributed by atoms with Crippen LogP contribution in [0, 0.1) is 0 Å². The molecule has 22 heavy (non-hydrogen) atoms. The molecule has 1 aliphatic rings. The number of aromatic nitrogens is 2. The molecular weight excluding hydrogens is 280 g/mol. The van der Waals surface area contributed by atoms with E-state index in [0.717, 1.165) is 30.9 Å². The Bertz CT molecular complexity index is 668. The number of aryl methyl sites for hydroxylation is 1. The van der Waals surface area contributed by atoms with Gasteiger partial charge in [-0.3, -0.25) is 9.48 Å². The summed E-state index contributed by atoms with van der Waals surface area (Å²) in [5.74, 6) is 0.852. The second-order valence-corrected chi connectivity index (χ2v) is 5.61. The summed E-state index contributed by atoms with van der Waals surface area (Å²) in [7, 11) is 1.90. The van der Waals surface area contributed by atoms with Gasteiger partial charge in [-0.05, 0) is 24.1 Å². The van der Waals surface area contributed by atoms with Crippen molar-refractivity contribution in [1.29, 1.82) is 0 Å². The summed E-state index contributed by atoms with van der Waals surface area (Å²) in [6.07, 6.45) is 2.82. The van der Waals surface area contributed by atoms with Crippen LogP contribution in [-0.4, -0.2) is 39.9 Å². The molecule has 3 rings (SSSR count). The largest absolute Gasteiger partial charge is 0.392 e. The summed E-state index contributed by atoms with van der Waals surface area (Å²) < 4.78 is 1.78. The molecule has 1 saturated heterocycles.